The first-order valence-electron chi connectivity index (χ1n) is 11.3. The quantitative estimate of drug-likeness (QED) is 0.431. The van der Waals surface area contributed by atoms with Crippen molar-refractivity contribution in [2.45, 2.75) is 46.1 Å². The van der Waals surface area contributed by atoms with Crippen LogP contribution in [-0.2, 0) is 20.9 Å². The molecule has 0 saturated carbocycles. The predicted molar refractivity (Wildman–Crippen MR) is 120 cm³/mol. The minimum Gasteiger partial charge on any atom is -0.378 e. The minimum atomic E-state index is -0.499. The lowest BCUT2D eigenvalue weighted by Crippen LogP contribution is -2.42. The Labute approximate surface area is 183 Å². The fourth-order valence-electron chi connectivity index (χ4n) is 3.89. The Kier molecular flexibility index (Phi) is 8.23. The molecule has 2 heterocycles. The Morgan fingerprint density at radius 2 is 1.65 bits per heavy atom. The molecule has 1 fully saturated rings. The van der Waals surface area contributed by atoms with E-state index in [0.29, 0.717) is 50.3 Å². The maximum atomic E-state index is 13.2. The van der Waals surface area contributed by atoms with Crippen LogP contribution in [0.25, 0.3) is 10.9 Å². The summed E-state index contributed by atoms with van der Waals surface area (Å²) < 4.78 is 7.11. The Balaban J connectivity index is 1.84. The number of nitrogens with zero attached hydrogens (tertiary/aromatic N) is 3. The average Bonchev–Trinajstić information content (AvgIpc) is 3.17. The third-order valence-corrected chi connectivity index (χ3v) is 5.75. The number of para-hydroxylation sites is 1. The number of ketones is 1. The maximum absolute atomic E-state index is 13.2. The van der Waals surface area contributed by atoms with Gasteiger partial charge in [-0.1, -0.05) is 44.9 Å². The Bertz CT molecular complexity index is 907. The summed E-state index contributed by atoms with van der Waals surface area (Å²) in [5.41, 5.74) is 1.15. The predicted octanol–water partition coefficient (Wildman–Crippen LogP) is 3.11. The molecule has 3 rings (SSSR count). The van der Waals surface area contributed by atoms with Gasteiger partial charge < -0.3 is 19.1 Å². The average molecular weight is 428 g/mol. The van der Waals surface area contributed by atoms with Crippen molar-refractivity contribution < 1.29 is 19.1 Å². The van der Waals surface area contributed by atoms with Gasteiger partial charge in [0, 0.05) is 43.3 Å². The van der Waals surface area contributed by atoms with E-state index in [1.54, 1.807) is 20.6 Å². The lowest BCUT2D eigenvalue weighted by atomic mass is 10.1. The van der Waals surface area contributed by atoms with E-state index < -0.39 is 11.7 Å². The highest BCUT2D eigenvalue weighted by molar-refractivity contribution is 6.44. The fourth-order valence-corrected chi connectivity index (χ4v) is 3.89. The zero-order chi connectivity index (χ0) is 22.2. The van der Waals surface area contributed by atoms with Gasteiger partial charge in [0.25, 0.3) is 11.7 Å². The van der Waals surface area contributed by atoms with Gasteiger partial charge in [-0.2, -0.15) is 0 Å². The number of hydrogen-bond donors (Lipinski definition) is 0. The van der Waals surface area contributed by atoms with Crippen molar-refractivity contribution in [1.82, 2.24) is 14.4 Å². The van der Waals surface area contributed by atoms with Crippen LogP contribution in [0.3, 0.4) is 0 Å². The second kappa shape index (κ2) is 11.1. The van der Waals surface area contributed by atoms with Crippen LogP contribution >= 0.6 is 0 Å². The van der Waals surface area contributed by atoms with Crippen LogP contribution < -0.4 is 0 Å². The normalized spacial score (nSPS) is 14.1. The molecule has 0 atom stereocenters. The number of carbonyl (C=O) groups excluding carboxylic acids is 3. The third kappa shape index (κ3) is 5.53. The number of fused-ring (bicyclic) bond motifs is 1. The molecule has 0 spiro atoms. The molecule has 2 aromatic rings. The van der Waals surface area contributed by atoms with Gasteiger partial charge in [-0.15, -0.1) is 0 Å². The molecule has 1 aliphatic heterocycles. The Hall–Kier alpha value is -2.67. The molecule has 0 N–H and O–H groups in total. The zero-order valence-electron chi connectivity index (χ0n) is 18.6. The maximum Gasteiger partial charge on any atom is 0.295 e. The molecule has 0 radical (unpaired) electrons. The fraction of sp³-hybridized carbons (Fsp3) is 0.542. The number of hydrogen-bond acceptors (Lipinski definition) is 4. The Morgan fingerprint density at radius 3 is 2.29 bits per heavy atom. The number of rotatable bonds is 10. The molecule has 7 heteroatoms. The number of amides is 2. The number of unbranched alkanes of at least 4 members (excludes halogenated alkanes) is 2. The summed E-state index contributed by atoms with van der Waals surface area (Å²) in [5.74, 6) is -0.966. The molecule has 0 bridgehead atoms. The van der Waals surface area contributed by atoms with Crippen molar-refractivity contribution in [2.24, 2.45) is 0 Å². The van der Waals surface area contributed by atoms with Gasteiger partial charge in [-0.05, 0) is 18.9 Å². The van der Waals surface area contributed by atoms with E-state index in [2.05, 4.69) is 13.8 Å². The van der Waals surface area contributed by atoms with E-state index in [9.17, 15) is 14.4 Å². The van der Waals surface area contributed by atoms with Crippen LogP contribution in [-0.4, -0.2) is 71.4 Å². The summed E-state index contributed by atoms with van der Waals surface area (Å²) in [6.45, 7) is 7.70. The lowest BCUT2D eigenvalue weighted by molar-refractivity contribution is -0.135. The molecule has 31 heavy (non-hydrogen) atoms. The standard InChI is InChI=1S/C24H33N3O4/c1-3-5-11-26(12-6-4-2)24(30)23(29)20-17-27(21-10-8-7-9-19(20)21)18-22(28)25-13-15-31-16-14-25/h7-10,17H,3-6,11-16,18H2,1-2H3. The topological polar surface area (TPSA) is 71.9 Å². The molecule has 0 aliphatic carbocycles. The summed E-state index contributed by atoms with van der Waals surface area (Å²) in [5, 5.41) is 0.710. The molecule has 1 aromatic carbocycles. The first-order chi connectivity index (χ1) is 15.1. The molecular weight excluding hydrogens is 394 g/mol. The van der Waals surface area contributed by atoms with E-state index in [4.69, 9.17) is 4.74 Å². The first-order valence-corrected chi connectivity index (χ1v) is 11.3. The number of morpholine rings is 1. The van der Waals surface area contributed by atoms with Gasteiger partial charge >= 0.3 is 0 Å². The number of aromatic nitrogens is 1. The second-order valence-electron chi connectivity index (χ2n) is 8.01. The van der Waals surface area contributed by atoms with Crippen molar-refractivity contribution in [1.29, 1.82) is 0 Å². The molecule has 0 unspecified atom stereocenters. The smallest absolute Gasteiger partial charge is 0.295 e. The van der Waals surface area contributed by atoms with E-state index in [-0.39, 0.29) is 12.5 Å². The van der Waals surface area contributed by atoms with Crippen molar-refractivity contribution >= 4 is 28.5 Å². The van der Waals surface area contributed by atoms with Gasteiger partial charge in [0.05, 0.1) is 18.8 Å². The molecule has 168 valence electrons. The van der Waals surface area contributed by atoms with E-state index in [0.717, 1.165) is 31.2 Å². The summed E-state index contributed by atoms with van der Waals surface area (Å²) >= 11 is 0. The van der Waals surface area contributed by atoms with Gasteiger partial charge in [0.1, 0.15) is 6.54 Å². The van der Waals surface area contributed by atoms with Crippen LogP contribution in [0.15, 0.2) is 30.5 Å². The summed E-state index contributed by atoms with van der Waals surface area (Å²) in [6, 6.07) is 7.45. The highest BCUT2D eigenvalue weighted by Gasteiger charge is 2.27. The molecular formula is C24H33N3O4. The molecule has 1 aromatic heterocycles. The molecule has 1 aliphatic rings. The van der Waals surface area contributed by atoms with Crippen LogP contribution in [0.2, 0.25) is 0 Å². The molecule has 2 amide bonds. The van der Waals surface area contributed by atoms with Gasteiger partial charge in [-0.25, -0.2) is 0 Å². The number of benzene rings is 1. The number of ether oxygens (including phenoxy) is 1. The highest BCUT2D eigenvalue weighted by Crippen LogP contribution is 2.23. The largest absolute Gasteiger partial charge is 0.378 e. The van der Waals surface area contributed by atoms with E-state index >= 15 is 0 Å². The minimum absolute atomic E-state index is 0.0121. The molecule has 7 nitrogen and oxygen atoms in total. The third-order valence-electron chi connectivity index (χ3n) is 5.75. The number of Topliss-reactive ketones (excluding diaryl/α,β-unsaturated/α-hetero) is 1. The Morgan fingerprint density at radius 1 is 1.00 bits per heavy atom. The first kappa shape index (κ1) is 23.0. The van der Waals surface area contributed by atoms with Crippen LogP contribution in [0.4, 0.5) is 0 Å². The summed E-state index contributed by atoms with van der Waals surface area (Å²) in [6.07, 6.45) is 5.35. The monoisotopic (exact) mass is 427 g/mol. The summed E-state index contributed by atoms with van der Waals surface area (Å²) in [7, 11) is 0. The van der Waals surface area contributed by atoms with E-state index in [1.165, 1.54) is 0 Å². The second-order valence-corrected chi connectivity index (χ2v) is 8.01. The zero-order valence-corrected chi connectivity index (χ0v) is 18.6. The van der Waals surface area contributed by atoms with Crippen molar-refractivity contribution in [2.75, 3.05) is 39.4 Å². The van der Waals surface area contributed by atoms with Crippen LogP contribution in [0.5, 0.6) is 0 Å². The van der Waals surface area contributed by atoms with Gasteiger partial charge in [0.2, 0.25) is 5.91 Å². The van der Waals surface area contributed by atoms with E-state index in [1.807, 2.05) is 24.3 Å². The van der Waals surface area contributed by atoms with Crippen LogP contribution in [0.1, 0.15) is 49.9 Å². The SMILES string of the molecule is CCCCN(CCCC)C(=O)C(=O)c1cn(CC(=O)N2CCOCC2)c2ccccc12. The van der Waals surface area contributed by atoms with Gasteiger partial charge in [-0.3, -0.25) is 14.4 Å². The highest BCUT2D eigenvalue weighted by atomic mass is 16.5. The lowest BCUT2D eigenvalue weighted by Gasteiger charge is -2.27. The van der Waals surface area contributed by atoms with Crippen molar-refractivity contribution in [3.05, 3.63) is 36.0 Å². The molecule has 1 saturated heterocycles. The summed E-state index contributed by atoms with van der Waals surface area (Å²) in [4.78, 5) is 42.5. The van der Waals surface area contributed by atoms with Crippen LogP contribution in [0, 0.1) is 0 Å². The van der Waals surface area contributed by atoms with Crippen molar-refractivity contribution in [3.8, 4) is 0 Å². The van der Waals surface area contributed by atoms with Crippen molar-refractivity contribution in [3.63, 3.8) is 0 Å². The van der Waals surface area contributed by atoms with Gasteiger partial charge in [0.15, 0.2) is 0 Å². The number of carbonyl (C=O) groups is 3.